The summed E-state index contributed by atoms with van der Waals surface area (Å²) in [5.41, 5.74) is 13.4. The molecule has 0 unspecified atom stereocenters. The van der Waals surface area contributed by atoms with E-state index in [9.17, 15) is 0 Å². The van der Waals surface area contributed by atoms with Gasteiger partial charge in [-0.1, -0.05) is 145 Å². The van der Waals surface area contributed by atoms with Gasteiger partial charge in [0.25, 0.3) is 0 Å². The zero-order chi connectivity index (χ0) is 35.3. The van der Waals surface area contributed by atoms with Gasteiger partial charge in [0.05, 0.1) is 0 Å². The highest BCUT2D eigenvalue weighted by Gasteiger charge is 2.17. The van der Waals surface area contributed by atoms with Crippen LogP contribution in [0.5, 0.6) is 0 Å². The van der Waals surface area contributed by atoms with Crippen LogP contribution in [0.1, 0.15) is 5.56 Å². The van der Waals surface area contributed by atoms with Crippen LogP contribution in [0.3, 0.4) is 0 Å². The number of anilines is 3. The van der Waals surface area contributed by atoms with Crippen molar-refractivity contribution in [1.82, 2.24) is 0 Å². The summed E-state index contributed by atoms with van der Waals surface area (Å²) in [5, 5.41) is 7.37. The maximum absolute atomic E-state index is 6.44. The maximum atomic E-state index is 6.44. The lowest BCUT2D eigenvalue weighted by Gasteiger charge is -2.26. The van der Waals surface area contributed by atoms with E-state index in [4.69, 9.17) is 4.42 Å². The number of hydrogen-bond donors (Lipinski definition) is 0. The van der Waals surface area contributed by atoms with E-state index in [-0.39, 0.29) is 0 Å². The summed E-state index contributed by atoms with van der Waals surface area (Å²) in [4.78, 5) is 2.34. The molecule has 0 amide bonds. The maximum Gasteiger partial charge on any atom is 0.143 e. The van der Waals surface area contributed by atoms with E-state index in [0.29, 0.717) is 0 Å². The molecule has 0 spiro atoms. The largest absolute Gasteiger partial charge is 0.455 e. The van der Waals surface area contributed by atoms with Crippen LogP contribution in [-0.2, 0) is 0 Å². The van der Waals surface area contributed by atoms with Crippen molar-refractivity contribution < 1.29 is 4.42 Å². The summed E-state index contributed by atoms with van der Waals surface area (Å²) >= 11 is 0. The Kier molecular flexibility index (Phi) is 7.40. The van der Waals surface area contributed by atoms with Crippen molar-refractivity contribution in [2.45, 2.75) is 6.92 Å². The van der Waals surface area contributed by atoms with E-state index in [0.717, 1.165) is 50.1 Å². The summed E-state index contributed by atoms with van der Waals surface area (Å²) < 4.78 is 6.44. The fourth-order valence-electron chi connectivity index (χ4n) is 7.89. The number of hydrogen-bond acceptors (Lipinski definition) is 2. The van der Waals surface area contributed by atoms with Crippen LogP contribution in [0.25, 0.3) is 76.9 Å². The normalized spacial score (nSPS) is 11.5. The molecule has 1 aromatic heterocycles. The Morgan fingerprint density at radius 1 is 0.358 bits per heavy atom. The first-order chi connectivity index (χ1) is 26.2. The zero-order valence-corrected chi connectivity index (χ0v) is 29.3. The Balaban J connectivity index is 1.07. The molecule has 0 N–H and O–H groups in total. The van der Waals surface area contributed by atoms with Crippen LogP contribution in [0.4, 0.5) is 17.1 Å². The molecule has 0 fully saturated rings. The fourth-order valence-corrected chi connectivity index (χ4v) is 7.89. The quantitative estimate of drug-likeness (QED) is 0.163. The molecule has 0 saturated carbocycles. The molecule has 0 bridgehead atoms. The summed E-state index contributed by atoms with van der Waals surface area (Å²) in [6, 6.07) is 69.9. The minimum absolute atomic E-state index is 0.917. The van der Waals surface area contributed by atoms with Crippen molar-refractivity contribution in [3.63, 3.8) is 0 Å². The molecule has 0 aliphatic carbocycles. The summed E-state index contributed by atoms with van der Waals surface area (Å²) in [6.07, 6.45) is 0. The lowest BCUT2D eigenvalue weighted by molar-refractivity contribution is 0.670. The van der Waals surface area contributed by atoms with Gasteiger partial charge in [0.1, 0.15) is 11.2 Å². The number of fused-ring (bicyclic) bond motifs is 6. The van der Waals surface area contributed by atoms with Crippen molar-refractivity contribution in [2.75, 3.05) is 4.90 Å². The highest BCUT2D eigenvalue weighted by Crippen LogP contribution is 2.41. The average molecular weight is 678 g/mol. The van der Waals surface area contributed by atoms with Crippen LogP contribution in [-0.4, -0.2) is 0 Å². The van der Waals surface area contributed by atoms with Crippen molar-refractivity contribution >= 4 is 60.5 Å². The molecule has 250 valence electrons. The second kappa shape index (κ2) is 12.7. The number of para-hydroxylation sites is 1. The summed E-state index contributed by atoms with van der Waals surface area (Å²) in [5.74, 6) is 0. The third-order valence-corrected chi connectivity index (χ3v) is 10.5. The molecule has 10 rings (SSSR count). The van der Waals surface area contributed by atoms with Crippen LogP contribution in [0, 0.1) is 6.92 Å². The van der Waals surface area contributed by atoms with E-state index >= 15 is 0 Å². The highest BCUT2D eigenvalue weighted by molar-refractivity contribution is 6.14. The summed E-state index contributed by atoms with van der Waals surface area (Å²) in [7, 11) is 0. The Hall–Kier alpha value is -6.90. The molecule has 0 atom stereocenters. The Morgan fingerprint density at radius 3 is 1.60 bits per heavy atom. The van der Waals surface area contributed by atoms with Gasteiger partial charge < -0.3 is 9.32 Å². The first kappa shape index (κ1) is 30.9. The van der Waals surface area contributed by atoms with Crippen LogP contribution in [0.2, 0.25) is 0 Å². The van der Waals surface area contributed by atoms with Crippen molar-refractivity contribution in [3.05, 3.63) is 200 Å². The highest BCUT2D eigenvalue weighted by atomic mass is 16.3. The molecule has 0 radical (unpaired) electrons. The van der Waals surface area contributed by atoms with Crippen molar-refractivity contribution in [2.24, 2.45) is 0 Å². The lowest BCUT2D eigenvalue weighted by Crippen LogP contribution is -2.09. The number of nitrogens with zero attached hydrogens (tertiary/aromatic N) is 1. The molecule has 0 saturated heterocycles. The van der Waals surface area contributed by atoms with E-state index < -0.39 is 0 Å². The second-order valence-electron chi connectivity index (χ2n) is 13.8. The Morgan fingerprint density at radius 2 is 0.906 bits per heavy atom. The molecule has 0 aliphatic rings. The molecule has 2 heteroatoms. The van der Waals surface area contributed by atoms with Gasteiger partial charge in [-0.3, -0.25) is 0 Å². The first-order valence-corrected chi connectivity index (χ1v) is 18.2. The monoisotopic (exact) mass is 677 g/mol. The van der Waals surface area contributed by atoms with E-state index in [2.05, 4.69) is 206 Å². The van der Waals surface area contributed by atoms with Crippen LogP contribution in [0.15, 0.2) is 199 Å². The van der Waals surface area contributed by atoms with E-state index in [1.165, 1.54) is 49.4 Å². The second-order valence-corrected chi connectivity index (χ2v) is 13.8. The number of furan rings is 1. The fraction of sp³-hybridized carbons (Fsp3) is 0.0196. The number of rotatable bonds is 6. The van der Waals surface area contributed by atoms with E-state index in [1.807, 2.05) is 0 Å². The van der Waals surface area contributed by atoms with Gasteiger partial charge in [0, 0.05) is 33.4 Å². The molecule has 1 heterocycles. The zero-order valence-electron chi connectivity index (χ0n) is 29.3. The topological polar surface area (TPSA) is 16.4 Å². The number of benzene rings is 9. The smallest absolute Gasteiger partial charge is 0.143 e. The van der Waals surface area contributed by atoms with Gasteiger partial charge in [-0.15, -0.1) is 0 Å². The standard InChI is InChI=1S/C51H35NO/c1-34-18-31-50-49(32-34)47-17-9-16-44(51(47)53-50)37-21-27-41(28-22-37)52(40-25-19-36(20-26-40)35-10-3-2-4-11-35)42-29-23-38(24-30-42)48-33-39-12-5-6-13-43(39)45-14-7-8-15-46(45)48/h2-33H,1H3. The lowest BCUT2D eigenvalue weighted by atomic mass is 9.93. The van der Waals surface area contributed by atoms with Gasteiger partial charge in [0.15, 0.2) is 0 Å². The van der Waals surface area contributed by atoms with Crippen molar-refractivity contribution in [1.29, 1.82) is 0 Å². The minimum atomic E-state index is 0.917. The molecular weight excluding hydrogens is 643 g/mol. The van der Waals surface area contributed by atoms with Crippen molar-refractivity contribution in [3.8, 4) is 33.4 Å². The molecule has 10 aromatic rings. The van der Waals surface area contributed by atoms with Crippen LogP contribution >= 0.6 is 0 Å². The van der Waals surface area contributed by atoms with Gasteiger partial charge in [-0.05, 0) is 111 Å². The van der Waals surface area contributed by atoms with Crippen LogP contribution < -0.4 is 4.90 Å². The average Bonchev–Trinajstić information content (AvgIpc) is 3.60. The number of aryl methyl sites for hydroxylation is 1. The third kappa shape index (κ3) is 5.44. The Bertz CT molecular complexity index is 2920. The summed E-state index contributed by atoms with van der Waals surface area (Å²) in [6.45, 7) is 2.13. The van der Waals surface area contributed by atoms with Gasteiger partial charge in [-0.2, -0.15) is 0 Å². The van der Waals surface area contributed by atoms with E-state index in [1.54, 1.807) is 0 Å². The SMILES string of the molecule is Cc1ccc2oc3c(-c4ccc(N(c5ccc(-c6ccccc6)cc5)c5ccc(-c6cc7ccccc7c7ccccc67)cc5)cc4)cccc3c2c1. The molecule has 2 nitrogen and oxygen atoms in total. The Labute approximate surface area is 308 Å². The van der Waals surface area contributed by atoms with Gasteiger partial charge in [0.2, 0.25) is 0 Å². The molecule has 53 heavy (non-hydrogen) atoms. The predicted octanol–water partition coefficient (Wildman–Crippen LogP) is 14.7. The third-order valence-electron chi connectivity index (χ3n) is 10.5. The first-order valence-electron chi connectivity index (χ1n) is 18.2. The predicted molar refractivity (Wildman–Crippen MR) is 224 cm³/mol. The molecule has 9 aromatic carbocycles. The van der Waals surface area contributed by atoms with Gasteiger partial charge in [-0.25, -0.2) is 0 Å². The van der Waals surface area contributed by atoms with Gasteiger partial charge >= 0.3 is 0 Å². The molecule has 0 aliphatic heterocycles. The molecular formula is C51H35NO. The minimum Gasteiger partial charge on any atom is -0.455 e.